The van der Waals surface area contributed by atoms with Crippen molar-refractivity contribution in [3.05, 3.63) is 40.3 Å². The summed E-state index contributed by atoms with van der Waals surface area (Å²) in [5, 5.41) is 7.48. The van der Waals surface area contributed by atoms with E-state index >= 15 is 0 Å². The third-order valence-corrected chi connectivity index (χ3v) is 6.73. The molecule has 1 heterocycles. The van der Waals surface area contributed by atoms with Gasteiger partial charge in [-0.1, -0.05) is 19.9 Å². The lowest BCUT2D eigenvalue weighted by Crippen LogP contribution is -2.28. The van der Waals surface area contributed by atoms with Gasteiger partial charge in [-0.3, -0.25) is 9.79 Å². The lowest BCUT2D eigenvalue weighted by Gasteiger charge is -2.17. The average molecular weight is 596 g/mol. The summed E-state index contributed by atoms with van der Waals surface area (Å²) in [6, 6.07) is 5.55. The molecule has 0 fully saturated rings. The van der Waals surface area contributed by atoms with Crippen LogP contribution in [0.4, 0.5) is 13.2 Å². The van der Waals surface area contributed by atoms with Crippen molar-refractivity contribution < 1.29 is 35.5 Å². The number of aromatic nitrogens is 2. The summed E-state index contributed by atoms with van der Waals surface area (Å²) in [6.07, 6.45) is -3.91. The molecule has 0 amide bonds. The van der Waals surface area contributed by atoms with Gasteiger partial charge in [0.2, 0.25) is 5.89 Å². The standard InChI is InChI=1S/C21H25BrF3N5O5S/c1-4-30(5-2)9-10-34-15(31)12-27-17(16(22)18(26)21(23,24)25)20-29-28-19(35-20)13-7-6-8-14(11-13)36(3,32)33/h6-8,11H,4-5,9-10,12,26H2,1-3H3/b18-16+,27-17?. The molecule has 0 saturated carbocycles. The molecule has 0 unspecified atom stereocenters. The number of allylic oxidation sites excluding steroid dienone is 2. The van der Waals surface area contributed by atoms with Crippen LogP contribution in [-0.2, 0) is 19.4 Å². The summed E-state index contributed by atoms with van der Waals surface area (Å²) in [4.78, 5) is 18.0. The summed E-state index contributed by atoms with van der Waals surface area (Å²) in [5.41, 5.74) is 3.36. The Hall–Kier alpha value is -2.78. The summed E-state index contributed by atoms with van der Waals surface area (Å²) < 4.78 is 73.1. The molecule has 1 aromatic carbocycles. The Morgan fingerprint density at radius 1 is 1.25 bits per heavy atom. The fourth-order valence-electron chi connectivity index (χ4n) is 2.80. The van der Waals surface area contributed by atoms with E-state index in [-0.39, 0.29) is 23.0 Å². The average Bonchev–Trinajstić information content (AvgIpc) is 3.30. The van der Waals surface area contributed by atoms with Crippen molar-refractivity contribution in [1.29, 1.82) is 0 Å². The Labute approximate surface area is 214 Å². The number of carbonyl (C=O) groups is 1. The number of nitrogens with two attached hydrogens (primary N) is 1. The molecule has 2 rings (SSSR count). The van der Waals surface area contributed by atoms with Crippen molar-refractivity contribution in [2.24, 2.45) is 10.7 Å². The monoisotopic (exact) mass is 595 g/mol. The van der Waals surface area contributed by atoms with E-state index in [0.717, 1.165) is 19.3 Å². The zero-order valence-electron chi connectivity index (χ0n) is 19.7. The molecule has 0 aliphatic heterocycles. The molecule has 36 heavy (non-hydrogen) atoms. The molecule has 1 aromatic heterocycles. The summed E-state index contributed by atoms with van der Waals surface area (Å²) in [7, 11) is -3.54. The largest absolute Gasteiger partial charge is 0.463 e. The van der Waals surface area contributed by atoms with E-state index in [1.165, 1.54) is 24.3 Å². The van der Waals surface area contributed by atoms with E-state index in [1.807, 2.05) is 18.7 Å². The number of ether oxygens (including phenoxy) is 1. The normalized spacial score (nSPS) is 13.6. The maximum absolute atomic E-state index is 13.2. The highest BCUT2D eigenvalue weighted by Gasteiger charge is 2.36. The van der Waals surface area contributed by atoms with Gasteiger partial charge in [-0.25, -0.2) is 8.42 Å². The maximum atomic E-state index is 13.2. The van der Waals surface area contributed by atoms with Crippen LogP contribution in [0, 0.1) is 0 Å². The van der Waals surface area contributed by atoms with Crippen LogP contribution in [0.5, 0.6) is 0 Å². The van der Waals surface area contributed by atoms with Crippen LogP contribution >= 0.6 is 15.9 Å². The number of rotatable bonds is 11. The highest BCUT2D eigenvalue weighted by Crippen LogP contribution is 2.30. The lowest BCUT2D eigenvalue weighted by molar-refractivity contribution is -0.142. The van der Waals surface area contributed by atoms with Crippen LogP contribution in [0.2, 0.25) is 0 Å². The zero-order chi connectivity index (χ0) is 27.1. The van der Waals surface area contributed by atoms with Crippen molar-refractivity contribution in [3.8, 4) is 11.5 Å². The minimum absolute atomic E-state index is 0.0245. The molecule has 0 aliphatic carbocycles. The SMILES string of the molecule is CCN(CC)CCOC(=O)CN=C(/C(Br)=C(\N)C(F)(F)F)c1nnc(-c2cccc(S(C)(=O)=O)c2)o1. The number of alkyl halides is 3. The molecule has 2 N–H and O–H groups in total. The quantitative estimate of drug-likeness (QED) is 0.306. The molecule has 2 aromatic rings. The predicted octanol–water partition coefficient (Wildman–Crippen LogP) is 2.94. The molecule has 15 heteroatoms. The number of halogens is 4. The van der Waals surface area contributed by atoms with Gasteiger partial charge in [0.25, 0.3) is 5.89 Å². The molecule has 10 nitrogen and oxygen atoms in total. The number of benzene rings is 1. The van der Waals surface area contributed by atoms with Crippen LogP contribution in [0.25, 0.3) is 11.5 Å². The van der Waals surface area contributed by atoms with Gasteiger partial charge in [-0.2, -0.15) is 13.2 Å². The second kappa shape index (κ2) is 12.5. The van der Waals surface area contributed by atoms with Crippen LogP contribution in [-0.4, -0.2) is 80.4 Å². The van der Waals surface area contributed by atoms with Gasteiger partial charge in [-0.15, -0.1) is 10.2 Å². The van der Waals surface area contributed by atoms with E-state index in [2.05, 4.69) is 31.1 Å². The number of nitrogens with zero attached hydrogens (tertiary/aromatic N) is 4. The minimum atomic E-state index is -4.92. The number of esters is 1. The van der Waals surface area contributed by atoms with Crippen molar-refractivity contribution in [3.63, 3.8) is 0 Å². The minimum Gasteiger partial charge on any atom is -0.463 e. The first-order valence-corrected chi connectivity index (χ1v) is 13.3. The number of carbonyl (C=O) groups excluding carboxylic acids is 1. The highest BCUT2D eigenvalue weighted by molar-refractivity contribution is 9.12. The molecule has 0 radical (unpaired) electrons. The summed E-state index contributed by atoms with van der Waals surface area (Å²) in [6.45, 7) is 5.34. The Morgan fingerprint density at radius 3 is 2.50 bits per heavy atom. The number of hydrogen-bond donors (Lipinski definition) is 1. The van der Waals surface area contributed by atoms with E-state index in [0.29, 0.717) is 6.54 Å². The molecule has 0 saturated heterocycles. The zero-order valence-corrected chi connectivity index (χ0v) is 22.1. The second-order valence-corrected chi connectivity index (χ2v) is 10.2. The van der Waals surface area contributed by atoms with Crippen molar-refractivity contribution in [1.82, 2.24) is 15.1 Å². The van der Waals surface area contributed by atoms with Crippen molar-refractivity contribution >= 4 is 37.4 Å². The Kier molecular flexibility index (Phi) is 10.2. The maximum Gasteiger partial charge on any atom is 0.431 e. The summed E-state index contributed by atoms with van der Waals surface area (Å²) in [5.74, 6) is -1.45. The van der Waals surface area contributed by atoms with Gasteiger partial charge in [0.1, 0.15) is 24.6 Å². The topological polar surface area (TPSA) is 141 Å². The lowest BCUT2D eigenvalue weighted by atomic mass is 10.2. The first kappa shape index (κ1) is 29.5. The van der Waals surface area contributed by atoms with Crippen LogP contribution in [0.3, 0.4) is 0 Å². The van der Waals surface area contributed by atoms with Gasteiger partial charge < -0.3 is 19.8 Å². The number of likely N-dealkylation sites (N-methyl/N-ethyl adjacent to an activating group) is 1. The van der Waals surface area contributed by atoms with Crippen LogP contribution in [0.1, 0.15) is 19.7 Å². The van der Waals surface area contributed by atoms with Crippen molar-refractivity contribution in [2.75, 3.05) is 39.0 Å². The molecule has 0 aliphatic rings. The van der Waals surface area contributed by atoms with Gasteiger partial charge in [0.05, 0.1) is 9.38 Å². The van der Waals surface area contributed by atoms with Crippen LogP contribution < -0.4 is 5.73 Å². The first-order valence-electron chi connectivity index (χ1n) is 10.6. The van der Waals surface area contributed by atoms with Gasteiger partial charge in [0.15, 0.2) is 9.84 Å². The smallest absolute Gasteiger partial charge is 0.431 e. The van der Waals surface area contributed by atoms with Gasteiger partial charge >= 0.3 is 12.1 Å². The molecular weight excluding hydrogens is 571 g/mol. The van der Waals surface area contributed by atoms with E-state index < -0.39 is 50.3 Å². The van der Waals surface area contributed by atoms with Crippen LogP contribution in [0.15, 0.2) is 48.7 Å². The van der Waals surface area contributed by atoms with E-state index in [4.69, 9.17) is 14.9 Å². The summed E-state index contributed by atoms with van der Waals surface area (Å²) >= 11 is 2.76. The van der Waals surface area contributed by atoms with Gasteiger partial charge in [0, 0.05) is 18.4 Å². The number of sulfone groups is 1. The Balaban J connectivity index is 2.37. The second-order valence-electron chi connectivity index (χ2n) is 7.35. The third-order valence-electron chi connectivity index (χ3n) is 4.82. The van der Waals surface area contributed by atoms with E-state index in [9.17, 15) is 26.4 Å². The van der Waals surface area contributed by atoms with Crippen molar-refractivity contribution in [2.45, 2.75) is 24.9 Å². The molecule has 198 valence electrons. The Bertz CT molecular complexity index is 1240. The molecule has 0 bridgehead atoms. The fraction of sp³-hybridized carbons (Fsp3) is 0.429. The number of aliphatic imine (C=N–C) groups is 1. The molecule has 0 atom stereocenters. The van der Waals surface area contributed by atoms with Gasteiger partial charge in [-0.05, 0) is 47.2 Å². The predicted molar refractivity (Wildman–Crippen MR) is 129 cm³/mol. The highest BCUT2D eigenvalue weighted by atomic mass is 79.9. The third kappa shape index (κ3) is 8.13. The fourth-order valence-corrected chi connectivity index (χ4v) is 3.98. The molecule has 0 spiro atoms. The number of hydrogen-bond acceptors (Lipinski definition) is 10. The first-order chi connectivity index (χ1) is 16.8. The Morgan fingerprint density at radius 2 is 1.92 bits per heavy atom. The molecular formula is C21H25BrF3N5O5S. The van der Waals surface area contributed by atoms with E-state index in [1.54, 1.807) is 0 Å².